The lowest BCUT2D eigenvalue weighted by Crippen LogP contribution is -2.28. The summed E-state index contributed by atoms with van der Waals surface area (Å²) in [5.74, 6) is 0.162. The Kier molecular flexibility index (Phi) is 7.26. The zero-order valence-corrected chi connectivity index (χ0v) is 18.4. The Bertz CT molecular complexity index is 939. The molecular weight excluding hydrogens is 396 g/mol. The summed E-state index contributed by atoms with van der Waals surface area (Å²) >= 11 is 6.15. The van der Waals surface area contributed by atoms with Crippen molar-refractivity contribution in [2.75, 3.05) is 14.1 Å². The molecule has 0 saturated heterocycles. The number of sulfonamides is 1. The van der Waals surface area contributed by atoms with Crippen LogP contribution in [-0.2, 0) is 16.4 Å². The van der Waals surface area contributed by atoms with Crippen LogP contribution in [0.3, 0.4) is 0 Å². The van der Waals surface area contributed by atoms with E-state index in [1.807, 2.05) is 19.1 Å². The topological polar surface area (TPSA) is 66.5 Å². The molecule has 2 aromatic carbocycles. The Balaban J connectivity index is 2.20. The largest absolute Gasteiger partial charge is 0.345 e. The van der Waals surface area contributed by atoms with E-state index in [0.29, 0.717) is 5.92 Å². The second-order valence-electron chi connectivity index (χ2n) is 7.46. The Labute approximate surface area is 172 Å². The molecule has 1 unspecified atom stereocenters. The van der Waals surface area contributed by atoms with Crippen molar-refractivity contribution in [2.24, 2.45) is 5.92 Å². The molecule has 0 aromatic heterocycles. The van der Waals surface area contributed by atoms with Gasteiger partial charge in [0.1, 0.15) is 0 Å². The van der Waals surface area contributed by atoms with Crippen molar-refractivity contribution in [3.8, 4) is 0 Å². The van der Waals surface area contributed by atoms with Crippen LogP contribution in [0.1, 0.15) is 48.3 Å². The van der Waals surface area contributed by atoms with Crippen LogP contribution in [-0.4, -0.2) is 32.7 Å². The number of rotatable bonds is 7. The molecule has 0 spiro atoms. The van der Waals surface area contributed by atoms with Gasteiger partial charge in [-0.15, -0.1) is 0 Å². The fraction of sp³-hybridized carbons (Fsp3) is 0.381. The van der Waals surface area contributed by atoms with Gasteiger partial charge in [-0.25, -0.2) is 12.7 Å². The molecule has 0 saturated carbocycles. The SMILES string of the molecule is CC(C)Cc1ccc(C(C)NC(=O)c2cc(S(=O)(=O)N(C)C)ccc2Cl)cc1. The van der Waals surface area contributed by atoms with Gasteiger partial charge in [-0.1, -0.05) is 49.7 Å². The van der Waals surface area contributed by atoms with Crippen LogP contribution in [0.15, 0.2) is 47.4 Å². The Hall–Kier alpha value is -1.89. The van der Waals surface area contributed by atoms with Gasteiger partial charge in [0.2, 0.25) is 10.0 Å². The number of nitrogens with one attached hydrogen (secondary N) is 1. The van der Waals surface area contributed by atoms with E-state index in [9.17, 15) is 13.2 Å². The van der Waals surface area contributed by atoms with E-state index in [0.717, 1.165) is 16.3 Å². The molecule has 152 valence electrons. The Morgan fingerprint density at radius 1 is 1.07 bits per heavy atom. The first-order valence-electron chi connectivity index (χ1n) is 9.14. The van der Waals surface area contributed by atoms with Crippen LogP contribution >= 0.6 is 11.6 Å². The minimum Gasteiger partial charge on any atom is -0.345 e. The van der Waals surface area contributed by atoms with Gasteiger partial charge in [0.15, 0.2) is 0 Å². The third-order valence-electron chi connectivity index (χ3n) is 4.43. The number of amides is 1. The van der Waals surface area contributed by atoms with E-state index in [1.54, 1.807) is 0 Å². The van der Waals surface area contributed by atoms with Gasteiger partial charge in [0.05, 0.1) is 21.5 Å². The van der Waals surface area contributed by atoms with Crippen molar-refractivity contribution < 1.29 is 13.2 Å². The van der Waals surface area contributed by atoms with Crippen LogP contribution in [0, 0.1) is 5.92 Å². The van der Waals surface area contributed by atoms with E-state index in [-0.39, 0.29) is 21.5 Å². The second-order valence-corrected chi connectivity index (χ2v) is 10.0. The van der Waals surface area contributed by atoms with Crippen LogP contribution < -0.4 is 5.32 Å². The van der Waals surface area contributed by atoms with Gasteiger partial charge in [0, 0.05) is 14.1 Å². The highest BCUT2D eigenvalue weighted by molar-refractivity contribution is 7.89. The number of carbonyl (C=O) groups is 1. The summed E-state index contributed by atoms with van der Waals surface area (Å²) in [4.78, 5) is 12.7. The summed E-state index contributed by atoms with van der Waals surface area (Å²) in [5.41, 5.74) is 2.35. The molecule has 7 heteroatoms. The summed E-state index contributed by atoms with van der Waals surface area (Å²) in [6, 6.07) is 12.0. The molecule has 0 bridgehead atoms. The summed E-state index contributed by atoms with van der Waals surface area (Å²) in [6.45, 7) is 6.22. The number of hydrogen-bond donors (Lipinski definition) is 1. The van der Waals surface area contributed by atoms with E-state index < -0.39 is 15.9 Å². The summed E-state index contributed by atoms with van der Waals surface area (Å²) < 4.78 is 25.7. The normalized spacial score (nSPS) is 13.0. The number of benzene rings is 2. The van der Waals surface area contributed by atoms with Gasteiger partial charge in [-0.05, 0) is 48.6 Å². The molecule has 2 rings (SSSR count). The molecule has 0 heterocycles. The van der Waals surface area contributed by atoms with Crippen molar-refractivity contribution in [3.63, 3.8) is 0 Å². The average molecular weight is 423 g/mol. The molecule has 1 amide bonds. The number of hydrogen-bond acceptors (Lipinski definition) is 3. The highest BCUT2D eigenvalue weighted by Gasteiger charge is 2.21. The molecule has 2 aromatic rings. The van der Waals surface area contributed by atoms with Gasteiger partial charge in [-0.3, -0.25) is 4.79 Å². The summed E-state index contributed by atoms with van der Waals surface area (Å²) in [6.07, 6.45) is 1.00. The molecule has 1 atom stereocenters. The van der Waals surface area contributed by atoms with Gasteiger partial charge in [-0.2, -0.15) is 0 Å². The molecule has 28 heavy (non-hydrogen) atoms. The molecule has 1 N–H and O–H groups in total. The van der Waals surface area contributed by atoms with E-state index >= 15 is 0 Å². The molecule has 0 aliphatic heterocycles. The first-order valence-corrected chi connectivity index (χ1v) is 11.0. The van der Waals surface area contributed by atoms with Crippen molar-refractivity contribution in [1.82, 2.24) is 9.62 Å². The van der Waals surface area contributed by atoms with Crippen molar-refractivity contribution in [2.45, 2.75) is 38.1 Å². The number of halogens is 1. The Morgan fingerprint density at radius 2 is 1.68 bits per heavy atom. The summed E-state index contributed by atoms with van der Waals surface area (Å²) in [5, 5.41) is 3.09. The van der Waals surface area contributed by atoms with E-state index in [1.165, 1.54) is 37.9 Å². The lowest BCUT2D eigenvalue weighted by atomic mass is 10.00. The van der Waals surface area contributed by atoms with Crippen LogP contribution in [0.5, 0.6) is 0 Å². The minimum absolute atomic E-state index is 0.0257. The monoisotopic (exact) mass is 422 g/mol. The maximum atomic E-state index is 12.7. The number of nitrogens with zero attached hydrogens (tertiary/aromatic N) is 1. The number of carbonyl (C=O) groups excluding carboxylic acids is 1. The maximum absolute atomic E-state index is 12.7. The minimum atomic E-state index is -3.65. The molecule has 0 aliphatic carbocycles. The third-order valence-corrected chi connectivity index (χ3v) is 6.57. The van der Waals surface area contributed by atoms with Gasteiger partial charge < -0.3 is 5.32 Å². The molecule has 5 nitrogen and oxygen atoms in total. The first kappa shape index (κ1) is 22.4. The zero-order chi connectivity index (χ0) is 21.1. The third kappa shape index (κ3) is 5.34. The fourth-order valence-electron chi connectivity index (χ4n) is 2.82. The molecule has 0 radical (unpaired) electrons. The van der Waals surface area contributed by atoms with Crippen molar-refractivity contribution in [3.05, 3.63) is 64.2 Å². The average Bonchev–Trinajstić information content (AvgIpc) is 2.61. The smallest absolute Gasteiger partial charge is 0.253 e. The van der Waals surface area contributed by atoms with Crippen LogP contribution in [0.2, 0.25) is 5.02 Å². The van der Waals surface area contributed by atoms with Gasteiger partial charge in [0.25, 0.3) is 5.91 Å². The van der Waals surface area contributed by atoms with E-state index in [2.05, 4.69) is 31.3 Å². The maximum Gasteiger partial charge on any atom is 0.253 e. The Morgan fingerprint density at radius 3 is 2.21 bits per heavy atom. The second kappa shape index (κ2) is 9.07. The lowest BCUT2D eigenvalue weighted by Gasteiger charge is -2.17. The fourth-order valence-corrected chi connectivity index (χ4v) is 3.95. The predicted molar refractivity (Wildman–Crippen MR) is 113 cm³/mol. The zero-order valence-electron chi connectivity index (χ0n) is 16.9. The van der Waals surface area contributed by atoms with Crippen molar-refractivity contribution in [1.29, 1.82) is 0 Å². The highest BCUT2D eigenvalue weighted by Crippen LogP contribution is 2.23. The van der Waals surface area contributed by atoms with Gasteiger partial charge >= 0.3 is 0 Å². The molecule has 0 aliphatic rings. The van der Waals surface area contributed by atoms with Crippen LogP contribution in [0.25, 0.3) is 0 Å². The molecular formula is C21H27ClN2O3S. The van der Waals surface area contributed by atoms with Crippen LogP contribution in [0.4, 0.5) is 0 Å². The van der Waals surface area contributed by atoms with Crippen molar-refractivity contribution >= 4 is 27.5 Å². The standard InChI is InChI=1S/C21H27ClN2O3S/c1-14(2)12-16-6-8-17(9-7-16)15(3)23-21(25)19-13-18(10-11-20(19)22)28(26,27)24(4)5/h6-11,13-15H,12H2,1-5H3,(H,23,25). The van der Waals surface area contributed by atoms with E-state index in [4.69, 9.17) is 11.6 Å². The first-order chi connectivity index (χ1) is 13.0. The predicted octanol–water partition coefficient (Wildman–Crippen LogP) is 4.28. The lowest BCUT2D eigenvalue weighted by molar-refractivity contribution is 0.0940. The summed E-state index contributed by atoms with van der Waals surface area (Å²) in [7, 11) is -0.772. The molecule has 0 fully saturated rings. The quantitative estimate of drug-likeness (QED) is 0.724. The highest BCUT2D eigenvalue weighted by atomic mass is 35.5.